The van der Waals surface area contributed by atoms with Crippen LogP contribution in [0.5, 0.6) is 11.5 Å². The van der Waals surface area contributed by atoms with Crippen LogP contribution >= 0.6 is 0 Å². The molecule has 1 aromatic rings. The van der Waals surface area contributed by atoms with Gasteiger partial charge in [0.25, 0.3) is 0 Å². The first kappa shape index (κ1) is 21.4. The van der Waals surface area contributed by atoms with E-state index in [1.54, 1.807) is 7.11 Å². The summed E-state index contributed by atoms with van der Waals surface area (Å²) < 4.78 is 16.8. The Hall–Kier alpha value is -1.34. The lowest BCUT2D eigenvalue weighted by Gasteiger charge is -2.27. The van der Waals surface area contributed by atoms with Gasteiger partial charge < -0.3 is 24.2 Å². The standard InChI is InChI=1S/C22H36N2O4/c1-26-21-8-7-19(16-24-11-13-27-14-12-24)15-22(21)28-18-20(25)17-23-9-5-3-2-4-6-10-23/h7-8,15,20,25H,2-6,9-14,16-18H2,1H3. The second-order valence-corrected chi connectivity index (χ2v) is 7.91. The Bertz CT molecular complexity index is 570. The van der Waals surface area contributed by atoms with Crippen molar-refractivity contribution in [3.63, 3.8) is 0 Å². The fourth-order valence-corrected chi connectivity index (χ4v) is 3.98. The smallest absolute Gasteiger partial charge is 0.161 e. The summed E-state index contributed by atoms with van der Waals surface area (Å²) in [5, 5.41) is 10.5. The van der Waals surface area contributed by atoms with E-state index in [9.17, 15) is 5.11 Å². The van der Waals surface area contributed by atoms with Crippen LogP contribution in [0.2, 0.25) is 0 Å². The average Bonchev–Trinajstić information content (AvgIpc) is 2.69. The predicted molar refractivity (Wildman–Crippen MR) is 110 cm³/mol. The molecule has 0 radical (unpaired) electrons. The largest absolute Gasteiger partial charge is 0.493 e. The van der Waals surface area contributed by atoms with Gasteiger partial charge in [0.05, 0.1) is 20.3 Å². The van der Waals surface area contributed by atoms with Crippen LogP contribution in [0.3, 0.4) is 0 Å². The van der Waals surface area contributed by atoms with Crippen LogP contribution in [-0.4, -0.2) is 80.7 Å². The van der Waals surface area contributed by atoms with Gasteiger partial charge in [0, 0.05) is 26.2 Å². The van der Waals surface area contributed by atoms with E-state index in [-0.39, 0.29) is 6.61 Å². The van der Waals surface area contributed by atoms with E-state index in [1.165, 1.54) is 37.7 Å². The SMILES string of the molecule is COc1ccc(CN2CCOCC2)cc1OCC(O)CN1CCCCCCC1. The number of ether oxygens (including phenoxy) is 3. The number of morpholine rings is 1. The number of benzene rings is 1. The molecule has 158 valence electrons. The summed E-state index contributed by atoms with van der Waals surface area (Å²) in [7, 11) is 1.65. The number of aliphatic hydroxyl groups is 1. The van der Waals surface area contributed by atoms with Gasteiger partial charge in [0.2, 0.25) is 0 Å². The lowest BCUT2D eigenvalue weighted by molar-refractivity contribution is 0.0341. The van der Waals surface area contributed by atoms with E-state index in [4.69, 9.17) is 14.2 Å². The fourth-order valence-electron chi connectivity index (χ4n) is 3.98. The summed E-state index contributed by atoms with van der Waals surface area (Å²) in [6.07, 6.45) is 5.91. The van der Waals surface area contributed by atoms with Crippen LogP contribution in [0, 0.1) is 0 Å². The van der Waals surface area contributed by atoms with Crippen LogP contribution < -0.4 is 9.47 Å². The molecule has 0 aromatic heterocycles. The molecule has 1 unspecified atom stereocenters. The van der Waals surface area contributed by atoms with Crippen LogP contribution in [0.25, 0.3) is 0 Å². The van der Waals surface area contributed by atoms with Gasteiger partial charge in [0.15, 0.2) is 11.5 Å². The van der Waals surface area contributed by atoms with Crippen LogP contribution in [0.15, 0.2) is 18.2 Å². The molecular formula is C22H36N2O4. The maximum Gasteiger partial charge on any atom is 0.161 e. The van der Waals surface area contributed by atoms with Crippen molar-refractivity contribution in [1.29, 1.82) is 0 Å². The maximum atomic E-state index is 10.5. The Morgan fingerprint density at radius 3 is 2.39 bits per heavy atom. The minimum absolute atomic E-state index is 0.286. The molecule has 28 heavy (non-hydrogen) atoms. The fraction of sp³-hybridized carbons (Fsp3) is 0.727. The van der Waals surface area contributed by atoms with Gasteiger partial charge in [-0.1, -0.05) is 25.3 Å². The van der Waals surface area contributed by atoms with Gasteiger partial charge in [-0.2, -0.15) is 0 Å². The molecule has 1 aromatic carbocycles. The number of likely N-dealkylation sites (tertiary alicyclic amines) is 1. The average molecular weight is 393 g/mol. The van der Waals surface area contributed by atoms with E-state index >= 15 is 0 Å². The first-order chi connectivity index (χ1) is 13.7. The quantitative estimate of drug-likeness (QED) is 0.734. The second-order valence-electron chi connectivity index (χ2n) is 7.91. The Morgan fingerprint density at radius 1 is 0.964 bits per heavy atom. The molecule has 3 rings (SSSR count). The molecule has 2 fully saturated rings. The van der Waals surface area contributed by atoms with Gasteiger partial charge in [0.1, 0.15) is 12.7 Å². The minimum atomic E-state index is -0.493. The Kier molecular flexibility index (Phi) is 8.86. The molecule has 2 aliphatic rings. The molecule has 2 aliphatic heterocycles. The molecule has 1 N–H and O–H groups in total. The highest BCUT2D eigenvalue weighted by Gasteiger charge is 2.16. The van der Waals surface area contributed by atoms with Gasteiger partial charge in [-0.3, -0.25) is 4.90 Å². The van der Waals surface area contributed by atoms with E-state index in [0.717, 1.165) is 45.9 Å². The number of aliphatic hydroxyl groups excluding tert-OH is 1. The Balaban J connectivity index is 1.51. The first-order valence-corrected chi connectivity index (χ1v) is 10.7. The molecular weight excluding hydrogens is 356 g/mol. The normalized spacial score (nSPS) is 20.9. The van der Waals surface area contributed by atoms with Gasteiger partial charge in [-0.05, 0) is 43.6 Å². The van der Waals surface area contributed by atoms with Crippen molar-refractivity contribution in [2.45, 2.75) is 44.8 Å². The highest BCUT2D eigenvalue weighted by molar-refractivity contribution is 5.43. The number of nitrogens with zero attached hydrogens (tertiary/aromatic N) is 2. The molecule has 6 nitrogen and oxygen atoms in total. The highest BCUT2D eigenvalue weighted by Crippen LogP contribution is 2.29. The summed E-state index contributed by atoms with van der Waals surface area (Å²) in [6, 6.07) is 6.07. The van der Waals surface area contributed by atoms with Crippen molar-refractivity contribution in [2.24, 2.45) is 0 Å². The molecule has 2 saturated heterocycles. The second kappa shape index (κ2) is 11.6. The minimum Gasteiger partial charge on any atom is -0.493 e. The van der Waals surface area contributed by atoms with Crippen LogP contribution in [-0.2, 0) is 11.3 Å². The van der Waals surface area contributed by atoms with Gasteiger partial charge >= 0.3 is 0 Å². The number of methoxy groups -OCH3 is 1. The molecule has 0 bridgehead atoms. The zero-order valence-electron chi connectivity index (χ0n) is 17.3. The molecule has 0 amide bonds. The molecule has 2 heterocycles. The van der Waals surface area contributed by atoms with E-state index in [1.807, 2.05) is 12.1 Å². The zero-order chi connectivity index (χ0) is 19.6. The summed E-state index contributed by atoms with van der Waals surface area (Å²) >= 11 is 0. The predicted octanol–water partition coefficient (Wildman–Crippen LogP) is 2.53. The summed E-state index contributed by atoms with van der Waals surface area (Å²) in [5.74, 6) is 1.42. The van der Waals surface area contributed by atoms with Crippen molar-refractivity contribution in [3.8, 4) is 11.5 Å². The third-order valence-corrected chi connectivity index (χ3v) is 5.59. The lowest BCUT2D eigenvalue weighted by Crippen LogP contribution is -2.37. The molecule has 0 spiro atoms. The highest BCUT2D eigenvalue weighted by atomic mass is 16.5. The first-order valence-electron chi connectivity index (χ1n) is 10.7. The van der Waals surface area contributed by atoms with Crippen molar-refractivity contribution in [2.75, 3.05) is 59.7 Å². The monoisotopic (exact) mass is 392 g/mol. The topological polar surface area (TPSA) is 54.4 Å². The molecule has 1 atom stereocenters. The van der Waals surface area contributed by atoms with Crippen LogP contribution in [0.1, 0.15) is 37.7 Å². The number of hydrogen-bond acceptors (Lipinski definition) is 6. The van der Waals surface area contributed by atoms with Gasteiger partial charge in [-0.15, -0.1) is 0 Å². The van der Waals surface area contributed by atoms with E-state index in [2.05, 4.69) is 15.9 Å². The van der Waals surface area contributed by atoms with E-state index in [0.29, 0.717) is 18.0 Å². The van der Waals surface area contributed by atoms with Gasteiger partial charge in [-0.25, -0.2) is 0 Å². The van der Waals surface area contributed by atoms with Crippen molar-refractivity contribution in [1.82, 2.24) is 9.80 Å². The molecule has 0 aliphatic carbocycles. The summed E-state index contributed by atoms with van der Waals surface area (Å²) in [5.41, 5.74) is 1.19. The van der Waals surface area contributed by atoms with Crippen molar-refractivity contribution < 1.29 is 19.3 Å². The van der Waals surface area contributed by atoms with Crippen molar-refractivity contribution >= 4 is 0 Å². The molecule has 6 heteroatoms. The number of hydrogen-bond donors (Lipinski definition) is 1. The number of rotatable bonds is 8. The third-order valence-electron chi connectivity index (χ3n) is 5.59. The summed E-state index contributed by atoms with van der Waals surface area (Å²) in [6.45, 7) is 7.49. The van der Waals surface area contributed by atoms with Crippen molar-refractivity contribution in [3.05, 3.63) is 23.8 Å². The lowest BCUT2D eigenvalue weighted by atomic mass is 10.1. The number of β-amino-alcohol motifs (C(OH)–C–C–N with tert-alkyl or cyclic N) is 1. The Morgan fingerprint density at radius 2 is 1.68 bits per heavy atom. The summed E-state index contributed by atoms with van der Waals surface area (Å²) in [4.78, 5) is 4.76. The Labute approximate surface area is 169 Å². The van der Waals surface area contributed by atoms with Crippen LogP contribution in [0.4, 0.5) is 0 Å². The third kappa shape index (κ3) is 6.92. The molecule has 0 saturated carbocycles. The zero-order valence-corrected chi connectivity index (χ0v) is 17.3. The maximum absolute atomic E-state index is 10.5. The van der Waals surface area contributed by atoms with E-state index < -0.39 is 6.10 Å².